The maximum Gasteiger partial charge on any atom is 0.152 e. The minimum atomic E-state index is -0.360. The molecule has 21 heavy (non-hydrogen) atoms. The van der Waals surface area contributed by atoms with Gasteiger partial charge in [0.25, 0.3) is 0 Å². The zero-order valence-electron chi connectivity index (χ0n) is 11.3. The van der Waals surface area contributed by atoms with Crippen LogP contribution < -0.4 is 5.32 Å². The van der Waals surface area contributed by atoms with E-state index in [1.807, 2.05) is 37.3 Å². The Morgan fingerprint density at radius 3 is 2.57 bits per heavy atom. The van der Waals surface area contributed by atoms with Crippen molar-refractivity contribution < 1.29 is 4.39 Å². The number of aromatic nitrogens is 2. The fourth-order valence-corrected chi connectivity index (χ4v) is 2.29. The summed E-state index contributed by atoms with van der Waals surface area (Å²) in [5, 5.41) is 10.6. The second kappa shape index (κ2) is 5.58. The summed E-state index contributed by atoms with van der Waals surface area (Å²) in [4.78, 5) is 0. The molecule has 0 amide bonds. The molecule has 3 aromatic rings. The van der Waals surface area contributed by atoms with Gasteiger partial charge >= 0.3 is 0 Å². The van der Waals surface area contributed by atoms with Crippen LogP contribution in [-0.2, 0) is 0 Å². The van der Waals surface area contributed by atoms with E-state index in [4.69, 9.17) is 11.6 Å². The van der Waals surface area contributed by atoms with Crippen molar-refractivity contribution in [3.8, 4) is 11.3 Å². The SMILES string of the molecule is Cc1ccc(Nc2cc(-c3ccc(F)cc3Cl)[nH]n2)cc1. The number of hydrogen-bond donors (Lipinski definition) is 2. The van der Waals surface area contributed by atoms with Gasteiger partial charge in [0, 0.05) is 17.3 Å². The van der Waals surface area contributed by atoms with Crippen molar-refractivity contribution >= 4 is 23.1 Å². The van der Waals surface area contributed by atoms with E-state index < -0.39 is 0 Å². The minimum absolute atomic E-state index is 0.348. The van der Waals surface area contributed by atoms with Crippen LogP contribution in [0.2, 0.25) is 5.02 Å². The molecule has 1 heterocycles. The number of rotatable bonds is 3. The highest BCUT2D eigenvalue weighted by molar-refractivity contribution is 6.33. The molecule has 0 saturated carbocycles. The van der Waals surface area contributed by atoms with Crippen molar-refractivity contribution in [1.82, 2.24) is 10.2 Å². The number of H-pyrrole nitrogens is 1. The fourth-order valence-electron chi connectivity index (χ4n) is 2.02. The van der Waals surface area contributed by atoms with Gasteiger partial charge in [-0.25, -0.2) is 4.39 Å². The summed E-state index contributed by atoms with van der Waals surface area (Å²) in [5.74, 6) is 0.315. The minimum Gasteiger partial charge on any atom is -0.339 e. The zero-order valence-corrected chi connectivity index (χ0v) is 12.1. The first-order valence-electron chi connectivity index (χ1n) is 6.46. The van der Waals surface area contributed by atoms with E-state index >= 15 is 0 Å². The molecule has 2 N–H and O–H groups in total. The third-order valence-corrected chi connectivity index (χ3v) is 3.44. The highest BCUT2D eigenvalue weighted by atomic mass is 35.5. The van der Waals surface area contributed by atoms with Crippen molar-refractivity contribution in [2.24, 2.45) is 0 Å². The van der Waals surface area contributed by atoms with Gasteiger partial charge in [0.05, 0.1) is 10.7 Å². The van der Waals surface area contributed by atoms with Crippen LogP contribution in [0, 0.1) is 12.7 Å². The molecule has 1 aromatic heterocycles. The summed E-state index contributed by atoms with van der Waals surface area (Å²) in [6.07, 6.45) is 0. The Kier molecular flexibility index (Phi) is 3.62. The van der Waals surface area contributed by atoms with Gasteiger partial charge in [0.2, 0.25) is 0 Å². The highest BCUT2D eigenvalue weighted by Gasteiger charge is 2.08. The normalized spacial score (nSPS) is 10.6. The van der Waals surface area contributed by atoms with Gasteiger partial charge < -0.3 is 5.32 Å². The third kappa shape index (κ3) is 3.06. The van der Waals surface area contributed by atoms with Crippen LogP contribution in [0.4, 0.5) is 15.9 Å². The van der Waals surface area contributed by atoms with Crippen LogP contribution in [-0.4, -0.2) is 10.2 Å². The Morgan fingerprint density at radius 1 is 1.10 bits per heavy atom. The fraction of sp³-hybridized carbons (Fsp3) is 0.0625. The summed E-state index contributed by atoms with van der Waals surface area (Å²) < 4.78 is 13.1. The van der Waals surface area contributed by atoms with Gasteiger partial charge in [-0.15, -0.1) is 0 Å². The van der Waals surface area contributed by atoms with E-state index in [9.17, 15) is 4.39 Å². The largest absolute Gasteiger partial charge is 0.339 e. The van der Waals surface area contributed by atoms with E-state index in [0.717, 1.165) is 11.4 Å². The molecule has 0 unspecified atom stereocenters. The molecule has 3 rings (SSSR count). The van der Waals surface area contributed by atoms with Crippen LogP contribution in [0.1, 0.15) is 5.56 Å². The maximum absolute atomic E-state index is 13.1. The van der Waals surface area contributed by atoms with E-state index in [0.29, 0.717) is 16.4 Å². The van der Waals surface area contributed by atoms with Gasteiger partial charge in [-0.05, 0) is 37.3 Å². The van der Waals surface area contributed by atoms with Crippen molar-refractivity contribution in [2.75, 3.05) is 5.32 Å². The summed E-state index contributed by atoms with van der Waals surface area (Å²) in [7, 11) is 0. The Hall–Kier alpha value is -2.33. The number of benzene rings is 2. The average Bonchev–Trinajstić information content (AvgIpc) is 2.90. The first-order valence-corrected chi connectivity index (χ1v) is 6.84. The van der Waals surface area contributed by atoms with Crippen LogP contribution in [0.15, 0.2) is 48.5 Å². The molecule has 3 nitrogen and oxygen atoms in total. The number of hydrogen-bond acceptors (Lipinski definition) is 2. The van der Waals surface area contributed by atoms with E-state index in [-0.39, 0.29) is 5.82 Å². The molecule has 0 aliphatic carbocycles. The second-order valence-corrected chi connectivity index (χ2v) is 5.19. The summed E-state index contributed by atoms with van der Waals surface area (Å²) in [6, 6.07) is 14.1. The Labute approximate surface area is 126 Å². The molecule has 0 radical (unpaired) electrons. The van der Waals surface area contributed by atoms with E-state index in [1.165, 1.54) is 17.7 Å². The van der Waals surface area contributed by atoms with Gasteiger partial charge in [0.1, 0.15) is 5.82 Å². The van der Waals surface area contributed by atoms with Gasteiger partial charge in [-0.2, -0.15) is 5.10 Å². The molecule has 5 heteroatoms. The predicted molar refractivity (Wildman–Crippen MR) is 83.5 cm³/mol. The van der Waals surface area contributed by atoms with Crippen molar-refractivity contribution in [2.45, 2.75) is 6.92 Å². The lowest BCUT2D eigenvalue weighted by atomic mass is 10.1. The number of nitrogens with zero attached hydrogens (tertiary/aromatic N) is 1. The molecule has 0 aliphatic heterocycles. The number of aromatic amines is 1. The zero-order chi connectivity index (χ0) is 14.8. The Balaban J connectivity index is 1.84. The molecule has 106 valence electrons. The monoisotopic (exact) mass is 301 g/mol. The van der Waals surface area contributed by atoms with E-state index in [2.05, 4.69) is 15.5 Å². The third-order valence-electron chi connectivity index (χ3n) is 3.12. The lowest BCUT2D eigenvalue weighted by molar-refractivity contribution is 0.628. The molecular formula is C16H13ClFN3. The Bertz CT molecular complexity index is 765. The van der Waals surface area contributed by atoms with Gasteiger partial charge in [-0.1, -0.05) is 29.3 Å². The molecule has 0 fully saturated rings. The van der Waals surface area contributed by atoms with Crippen LogP contribution in [0.25, 0.3) is 11.3 Å². The lowest BCUT2D eigenvalue weighted by Crippen LogP contribution is -1.89. The molecule has 2 aromatic carbocycles. The maximum atomic E-state index is 13.1. The molecule has 0 atom stereocenters. The number of anilines is 2. The summed E-state index contributed by atoms with van der Waals surface area (Å²) in [6.45, 7) is 2.03. The Morgan fingerprint density at radius 2 is 1.86 bits per heavy atom. The smallest absolute Gasteiger partial charge is 0.152 e. The summed E-state index contributed by atoms with van der Waals surface area (Å²) in [5.41, 5.74) is 3.59. The number of aryl methyl sites for hydroxylation is 1. The predicted octanol–water partition coefficient (Wildman–Crippen LogP) is 4.92. The van der Waals surface area contributed by atoms with E-state index in [1.54, 1.807) is 6.07 Å². The summed E-state index contributed by atoms with van der Waals surface area (Å²) >= 11 is 6.04. The molecule has 0 aliphatic rings. The van der Waals surface area contributed by atoms with Crippen LogP contribution in [0.5, 0.6) is 0 Å². The van der Waals surface area contributed by atoms with Crippen molar-refractivity contribution in [3.63, 3.8) is 0 Å². The van der Waals surface area contributed by atoms with Crippen LogP contribution >= 0.6 is 11.6 Å². The average molecular weight is 302 g/mol. The molecular weight excluding hydrogens is 289 g/mol. The number of halogens is 2. The highest BCUT2D eigenvalue weighted by Crippen LogP contribution is 2.29. The standard InChI is InChI=1S/C16H13ClFN3/c1-10-2-5-12(6-3-10)19-16-9-15(20-21-16)13-7-4-11(18)8-14(13)17/h2-9H,1H3,(H2,19,20,21). The molecule has 0 bridgehead atoms. The first-order chi connectivity index (χ1) is 10.1. The number of nitrogens with one attached hydrogen (secondary N) is 2. The van der Waals surface area contributed by atoms with Crippen molar-refractivity contribution in [3.05, 3.63) is 64.9 Å². The second-order valence-electron chi connectivity index (χ2n) is 4.78. The van der Waals surface area contributed by atoms with Crippen LogP contribution in [0.3, 0.4) is 0 Å². The molecule has 0 spiro atoms. The molecule has 0 saturated heterocycles. The topological polar surface area (TPSA) is 40.7 Å². The van der Waals surface area contributed by atoms with Gasteiger partial charge in [-0.3, -0.25) is 5.10 Å². The first kappa shape index (κ1) is 13.6. The van der Waals surface area contributed by atoms with Crippen molar-refractivity contribution in [1.29, 1.82) is 0 Å². The van der Waals surface area contributed by atoms with Gasteiger partial charge in [0.15, 0.2) is 5.82 Å². The quantitative estimate of drug-likeness (QED) is 0.721. The lowest BCUT2D eigenvalue weighted by Gasteiger charge is -2.02.